The van der Waals surface area contributed by atoms with Crippen LogP contribution in [0, 0.1) is 20.2 Å². The van der Waals surface area contributed by atoms with Crippen LogP contribution < -0.4 is 11.5 Å². The average Bonchev–Trinajstić information content (AvgIpc) is 3.79. The lowest BCUT2D eigenvalue weighted by molar-refractivity contribution is -0.384. The number of alkyl halides is 4. The summed E-state index contributed by atoms with van der Waals surface area (Å²) >= 11 is 3.13. The van der Waals surface area contributed by atoms with E-state index in [1.165, 1.54) is 59.2 Å². The van der Waals surface area contributed by atoms with Gasteiger partial charge in [-0.3, -0.25) is 20.2 Å². The van der Waals surface area contributed by atoms with Crippen LogP contribution in [0.25, 0.3) is 44.3 Å². The summed E-state index contributed by atoms with van der Waals surface area (Å²) < 4.78 is 68.0. The van der Waals surface area contributed by atoms with Crippen molar-refractivity contribution in [1.29, 1.82) is 0 Å². The number of rotatable bonds is 6. The molecule has 0 radical (unpaired) electrons. The van der Waals surface area contributed by atoms with E-state index in [0.29, 0.717) is 37.8 Å². The lowest BCUT2D eigenvalue weighted by atomic mass is 10.0. The highest BCUT2D eigenvalue weighted by Gasteiger charge is 2.28. The van der Waals surface area contributed by atoms with Gasteiger partial charge in [-0.05, 0) is 93.9 Å². The van der Waals surface area contributed by atoms with E-state index >= 15 is 0 Å². The molecule has 2 aromatic heterocycles. The number of nitrogens with two attached hydrogens (primary N) is 2. The van der Waals surface area contributed by atoms with Gasteiger partial charge >= 0.3 is 12.2 Å². The maximum absolute atomic E-state index is 13.5. The van der Waals surface area contributed by atoms with Crippen molar-refractivity contribution in [2.24, 2.45) is 0 Å². The lowest BCUT2D eigenvalue weighted by Gasteiger charge is -2.21. The van der Waals surface area contributed by atoms with Crippen LogP contribution in [-0.4, -0.2) is 42.4 Å². The van der Waals surface area contributed by atoms with Crippen molar-refractivity contribution in [3.8, 4) is 22.5 Å². The number of fused-ring (bicyclic) bond motifs is 2. The highest BCUT2D eigenvalue weighted by atomic mass is 79.9. The number of non-ortho nitro benzene ring substituents is 2. The standard InChI is InChI=1S/C20H18F2N2O4.C20H20F2N2O2.C6H5BrN2O2/c1-20(2,3)28-19(25)23-16-11-13(24(26)27)9-8-12(16)10-17(23)14-6-4-5-7-15(14)18(21)22;1-20(2,3)26-19(25)24-16-11-13(23)9-8-12(16)10-17(24)14-6-4-5-7-15(14)18(21)22;7-5-2-1-4(9(10)11)3-6(5)8/h4-11,18H,1-3H3;4-11,18H,23H2,1-3H3;1-3H,8H2. The summed E-state index contributed by atoms with van der Waals surface area (Å²) in [6.45, 7) is 10.3. The zero-order valence-corrected chi connectivity index (χ0v) is 37.3. The Morgan fingerprint density at radius 2 is 1.00 bits per heavy atom. The quantitative estimate of drug-likeness (QED) is 0.0699. The van der Waals surface area contributed by atoms with Crippen molar-refractivity contribution in [3.63, 3.8) is 0 Å². The van der Waals surface area contributed by atoms with Gasteiger partial charge in [0.2, 0.25) is 0 Å². The van der Waals surface area contributed by atoms with E-state index in [9.17, 15) is 47.4 Å². The number of hydrogen-bond donors (Lipinski definition) is 2. The third-order valence-corrected chi connectivity index (χ3v) is 9.84. The second kappa shape index (κ2) is 19.6. The number of carbonyl (C=O) groups is 2. The first-order valence-corrected chi connectivity index (χ1v) is 20.3. The van der Waals surface area contributed by atoms with Crippen molar-refractivity contribution >= 4 is 72.7 Å². The third-order valence-electron chi connectivity index (χ3n) is 9.11. The summed E-state index contributed by atoms with van der Waals surface area (Å²) in [5.41, 5.74) is 11.6. The van der Waals surface area contributed by atoms with Gasteiger partial charge in [-0.25, -0.2) is 36.3 Å². The molecule has 4 N–H and O–H groups in total. The first-order chi connectivity index (χ1) is 30.4. The van der Waals surface area contributed by atoms with Crippen LogP contribution >= 0.6 is 15.9 Å². The fourth-order valence-corrected chi connectivity index (χ4v) is 6.66. The van der Waals surface area contributed by atoms with Gasteiger partial charge in [0.25, 0.3) is 24.2 Å². The molecule has 7 rings (SSSR count). The summed E-state index contributed by atoms with van der Waals surface area (Å²) in [7, 11) is 0. The van der Waals surface area contributed by atoms with Crippen LogP contribution in [0.4, 0.5) is 49.9 Å². The predicted octanol–water partition coefficient (Wildman–Crippen LogP) is 13.5. The number of nitrogens with zero attached hydrogens (tertiary/aromatic N) is 4. The summed E-state index contributed by atoms with van der Waals surface area (Å²) in [5, 5.41) is 22.6. The van der Waals surface area contributed by atoms with Crippen LogP contribution in [0.1, 0.15) is 65.5 Å². The number of ether oxygens (including phenoxy) is 2. The molecule has 0 aliphatic rings. The number of carbonyl (C=O) groups excluding carboxylic acids is 2. The van der Waals surface area contributed by atoms with Crippen molar-refractivity contribution < 1.29 is 46.5 Å². The fraction of sp³-hybridized carbons (Fsp3) is 0.217. The molecule has 19 heteroatoms. The Balaban J connectivity index is 0.000000199. The number of anilines is 2. The van der Waals surface area contributed by atoms with Crippen molar-refractivity contribution in [2.45, 2.75) is 65.6 Å². The molecule has 2 heterocycles. The Bertz CT molecular complexity index is 2920. The summed E-state index contributed by atoms with van der Waals surface area (Å²) in [4.78, 5) is 46.0. The predicted molar refractivity (Wildman–Crippen MR) is 244 cm³/mol. The van der Waals surface area contributed by atoms with E-state index < -0.39 is 46.1 Å². The van der Waals surface area contributed by atoms with Gasteiger partial charge < -0.3 is 20.9 Å². The van der Waals surface area contributed by atoms with Crippen LogP contribution in [0.5, 0.6) is 0 Å². The van der Waals surface area contributed by atoms with Crippen LogP contribution in [0.15, 0.2) is 120 Å². The largest absolute Gasteiger partial charge is 0.443 e. The molecule has 65 heavy (non-hydrogen) atoms. The minimum absolute atomic E-state index is 0.00528. The Morgan fingerprint density at radius 3 is 1.42 bits per heavy atom. The molecule has 0 amide bonds. The number of aromatic nitrogens is 2. The zero-order valence-electron chi connectivity index (χ0n) is 35.7. The van der Waals surface area contributed by atoms with Gasteiger partial charge in [0, 0.05) is 67.5 Å². The Morgan fingerprint density at radius 1 is 0.600 bits per heavy atom. The van der Waals surface area contributed by atoms with E-state index in [-0.39, 0.29) is 44.8 Å². The Labute approximate surface area is 377 Å². The molecule has 0 saturated heterocycles. The van der Waals surface area contributed by atoms with Crippen molar-refractivity contribution in [2.75, 3.05) is 11.5 Å². The zero-order chi connectivity index (χ0) is 48.1. The van der Waals surface area contributed by atoms with E-state index in [1.807, 2.05) is 0 Å². The molecule has 0 aliphatic heterocycles. The molecule has 0 saturated carbocycles. The van der Waals surface area contributed by atoms with Gasteiger partial charge in [-0.15, -0.1) is 0 Å². The number of nitro benzene ring substituents is 2. The SMILES string of the molecule is CC(C)(C)OC(=O)n1c(-c2ccccc2C(F)F)cc2ccc(N)cc21.CC(C)(C)OC(=O)n1c(-c2ccccc2C(F)F)cc2ccc([N+](=O)[O-])cc21.Nc1cc([N+](=O)[O-])ccc1Br. The normalized spacial score (nSPS) is 11.5. The number of nitro groups is 2. The van der Waals surface area contributed by atoms with Gasteiger partial charge in [-0.2, -0.15) is 0 Å². The minimum Gasteiger partial charge on any atom is -0.443 e. The second-order valence-electron chi connectivity index (χ2n) is 16.2. The second-order valence-corrected chi connectivity index (χ2v) is 17.1. The molecule has 14 nitrogen and oxygen atoms in total. The minimum atomic E-state index is -2.75. The van der Waals surface area contributed by atoms with E-state index in [0.717, 1.165) is 4.57 Å². The topological polar surface area (TPSA) is 201 Å². The Kier molecular flexibility index (Phi) is 14.7. The van der Waals surface area contributed by atoms with Crippen LogP contribution in [-0.2, 0) is 9.47 Å². The average molecular weight is 964 g/mol. The van der Waals surface area contributed by atoms with Crippen LogP contribution in [0.2, 0.25) is 0 Å². The van der Waals surface area contributed by atoms with Gasteiger partial charge in [0.1, 0.15) is 11.2 Å². The van der Waals surface area contributed by atoms with Crippen molar-refractivity contribution in [3.05, 3.63) is 151 Å². The third kappa shape index (κ3) is 11.8. The molecule has 340 valence electrons. The maximum atomic E-state index is 13.5. The Hall–Kier alpha value is -7.28. The molecule has 0 atom stereocenters. The molecule has 0 unspecified atom stereocenters. The number of nitrogen functional groups attached to an aromatic ring is 2. The molecule has 0 spiro atoms. The highest BCUT2D eigenvalue weighted by molar-refractivity contribution is 9.10. The molecule has 7 aromatic rings. The van der Waals surface area contributed by atoms with Gasteiger partial charge in [-0.1, -0.05) is 54.6 Å². The molecule has 0 aliphatic carbocycles. The van der Waals surface area contributed by atoms with Gasteiger partial charge in [0.15, 0.2) is 0 Å². The molecular formula is C46H43BrF4N6O8. The highest BCUT2D eigenvalue weighted by Crippen LogP contribution is 2.38. The number of halogens is 5. The van der Waals surface area contributed by atoms with E-state index in [4.69, 9.17) is 20.9 Å². The smallest absolute Gasteiger partial charge is 0.419 e. The molecule has 0 fully saturated rings. The lowest BCUT2D eigenvalue weighted by Crippen LogP contribution is -2.27. The van der Waals surface area contributed by atoms with E-state index in [2.05, 4.69) is 15.9 Å². The number of benzene rings is 5. The van der Waals surface area contributed by atoms with Crippen molar-refractivity contribution in [1.82, 2.24) is 9.13 Å². The maximum Gasteiger partial charge on any atom is 0.419 e. The molecular weight excluding hydrogens is 920 g/mol. The summed E-state index contributed by atoms with van der Waals surface area (Å²) in [6, 6.07) is 28.5. The first kappa shape index (κ1) is 48.7. The summed E-state index contributed by atoms with van der Waals surface area (Å²) in [5.74, 6) is 0. The van der Waals surface area contributed by atoms with Crippen LogP contribution in [0.3, 0.4) is 0 Å². The fourth-order valence-electron chi connectivity index (χ4n) is 6.41. The molecule has 0 bridgehead atoms. The van der Waals surface area contributed by atoms with Gasteiger partial charge in [0.05, 0.1) is 38.0 Å². The number of hydrogen-bond acceptors (Lipinski definition) is 10. The monoisotopic (exact) mass is 962 g/mol. The first-order valence-electron chi connectivity index (χ1n) is 19.5. The van der Waals surface area contributed by atoms with E-state index in [1.54, 1.807) is 102 Å². The molecule has 5 aromatic carbocycles. The summed E-state index contributed by atoms with van der Waals surface area (Å²) in [6.07, 6.45) is -6.86.